The number of pyridine rings is 1. The van der Waals surface area contributed by atoms with Gasteiger partial charge in [0, 0.05) is 24.6 Å². The Morgan fingerprint density at radius 2 is 2.00 bits per heavy atom. The average Bonchev–Trinajstić information content (AvgIpc) is 3.28. The number of aromatic nitrogens is 2. The van der Waals surface area contributed by atoms with E-state index in [1.807, 2.05) is 18.2 Å². The molecule has 2 aromatic rings. The van der Waals surface area contributed by atoms with E-state index >= 15 is 0 Å². The molecule has 31 heavy (non-hydrogen) atoms. The first-order valence-electron chi connectivity index (χ1n) is 11.9. The predicted molar refractivity (Wildman–Crippen MR) is 128 cm³/mol. The highest BCUT2D eigenvalue weighted by molar-refractivity contribution is 8.00. The van der Waals surface area contributed by atoms with Gasteiger partial charge in [-0.05, 0) is 67.7 Å². The van der Waals surface area contributed by atoms with E-state index in [9.17, 15) is 4.79 Å². The van der Waals surface area contributed by atoms with Crippen LogP contribution < -0.4 is 0 Å². The number of rotatable bonds is 10. The lowest BCUT2D eigenvalue weighted by atomic mass is 9.75. The SMILES string of the molecule is CCC[C@@H](C[C@@H](Sc1ccccn1)C(=O)O[C@@H]1C[C@H](C)CC[C@H]1C(C)C)n1cccc1. The van der Waals surface area contributed by atoms with Crippen molar-refractivity contribution in [2.45, 2.75) is 88.6 Å². The molecule has 1 fully saturated rings. The molecule has 5 heteroatoms. The van der Waals surface area contributed by atoms with Crippen LogP contribution in [0.3, 0.4) is 0 Å². The number of hydrogen-bond donors (Lipinski definition) is 0. The van der Waals surface area contributed by atoms with Gasteiger partial charge in [0.2, 0.25) is 0 Å². The maximum atomic E-state index is 13.5. The summed E-state index contributed by atoms with van der Waals surface area (Å²) in [4.78, 5) is 18.0. The summed E-state index contributed by atoms with van der Waals surface area (Å²) in [6, 6.07) is 10.3. The molecule has 0 amide bonds. The standard InChI is InChI=1S/C26H38N2O2S/c1-5-10-21(28-15-8-9-16-28)18-24(31-25-11-6-7-14-27-25)26(29)30-23-17-20(4)12-13-22(23)19(2)3/h6-9,11,14-16,19-24H,5,10,12-13,17-18H2,1-4H3/t20-,21+,22+,23-,24-/m1/s1. The summed E-state index contributed by atoms with van der Waals surface area (Å²) >= 11 is 1.55. The van der Waals surface area contributed by atoms with E-state index in [1.165, 1.54) is 6.42 Å². The van der Waals surface area contributed by atoms with Crippen molar-refractivity contribution >= 4 is 17.7 Å². The van der Waals surface area contributed by atoms with Gasteiger partial charge in [0.05, 0.1) is 5.03 Å². The normalized spacial score (nSPS) is 23.5. The van der Waals surface area contributed by atoms with Crippen LogP contribution in [0, 0.1) is 17.8 Å². The van der Waals surface area contributed by atoms with Crippen molar-refractivity contribution in [3.8, 4) is 0 Å². The second-order valence-electron chi connectivity index (χ2n) is 9.38. The Bertz CT molecular complexity index is 778. The topological polar surface area (TPSA) is 44.1 Å². The van der Waals surface area contributed by atoms with E-state index in [0.717, 1.165) is 37.1 Å². The summed E-state index contributed by atoms with van der Waals surface area (Å²) in [6.45, 7) is 8.99. The number of thioether (sulfide) groups is 1. The first-order chi connectivity index (χ1) is 15.0. The second-order valence-corrected chi connectivity index (χ2v) is 10.6. The Kier molecular flexibility index (Phi) is 9.06. The van der Waals surface area contributed by atoms with Crippen molar-refractivity contribution in [2.24, 2.45) is 17.8 Å². The van der Waals surface area contributed by atoms with E-state index in [1.54, 1.807) is 18.0 Å². The van der Waals surface area contributed by atoms with Crippen LogP contribution in [0.4, 0.5) is 0 Å². The van der Waals surface area contributed by atoms with Gasteiger partial charge in [-0.2, -0.15) is 0 Å². The fraction of sp³-hybridized carbons (Fsp3) is 0.615. The zero-order valence-electron chi connectivity index (χ0n) is 19.4. The molecule has 4 nitrogen and oxygen atoms in total. The van der Waals surface area contributed by atoms with Crippen molar-refractivity contribution in [3.63, 3.8) is 0 Å². The Labute approximate surface area is 192 Å². The molecule has 2 heterocycles. The predicted octanol–water partition coefficient (Wildman–Crippen LogP) is 6.78. The van der Waals surface area contributed by atoms with Gasteiger partial charge in [-0.15, -0.1) is 0 Å². The third-order valence-corrected chi connectivity index (χ3v) is 7.70. The molecule has 0 aliphatic heterocycles. The van der Waals surface area contributed by atoms with Crippen molar-refractivity contribution in [1.29, 1.82) is 0 Å². The van der Waals surface area contributed by atoms with Gasteiger partial charge in [-0.3, -0.25) is 4.79 Å². The molecule has 170 valence electrons. The van der Waals surface area contributed by atoms with Gasteiger partial charge in [0.15, 0.2) is 0 Å². The average molecular weight is 443 g/mol. The third-order valence-electron chi connectivity index (χ3n) is 6.55. The summed E-state index contributed by atoms with van der Waals surface area (Å²) in [5.74, 6) is 1.52. The fourth-order valence-corrected chi connectivity index (χ4v) is 5.83. The van der Waals surface area contributed by atoms with E-state index < -0.39 is 0 Å². The molecule has 2 aromatic heterocycles. The molecule has 0 spiro atoms. The van der Waals surface area contributed by atoms with Crippen LogP contribution in [0.25, 0.3) is 0 Å². The molecule has 0 radical (unpaired) electrons. The second kappa shape index (κ2) is 11.8. The van der Waals surface area contributed by atoms with Gasteiger partial charge in [-0.25, -0.2) is 4.98 Å². The first kappa shape index (κ1) is 23.9. The molecule has 5 atom stereocenters. The van der Waals surface area contributed by atoms with Gasteiger partial charge in [-0.1, -0.05) is 58.4 Å². The lowest BCUT2D eigenvalue weighted by molar-refractivity contribution is -0.155. The van der Waals surface area contributed by atoms with Crippen molar-refractivity contribution in [2.75, 3.05) is 0 Å². The maximum Gasteiger partial charge on any atom is 0.319 e. The van der Waals surface area contributed by atoms with Crippen LogP contribution in [-0.2, 0) is 9.53 Å². The molecule has 0 saturated heterocycles. The zero-order chi connectivity index (χ0) is 22.2. The summed E-state index contributed by atoms with van der Waals surface area (Å²) in [7, 11) is 0. The minimum Gasteiger partial charge on any atom is -0.461 e. The minimum absolute atomic E-state index is 0.0271. The summed E-state index contributed by atoms with van der Waals surface area (Å²) in [6.07, 6.45) is 12.2. The maximum absolute atomic E-state index is 13.5. The van der Waals surface area contributed by atoms with Gasteiger partial charge in [0.1, 0.15) is 11.4 Å². The van der Waals surface area contributed by atoms with E-state index in [4.69, 9.17) is 4.74 Å². The minimum atomic E-state index is -0.265. The lowest BCUT2D eigenvalue weighted by Gasteiger charge is -2.37. The number of carbonyl (C=O) groups is 1. The van der Waals surface area contributed by atoms with Gasteiger partial charge in [0.25, 0.3) is 0 Å². The monoisotopic (exact) mass is 442 g/mol. The smallest absolute Gasteiger partial charge is 0.319 e. The van der Waals surface area contributed by atoms with Gasteiger partial charge >= 0.3 is 5.97 Å². The summed E-state index contributed by atoms with van der Waals surface area (Å²) < 4.78 is 8.51. The van der Waals surface area contributed by atoms with Crippen LogP contribution in [-0.4, -0.2) is 26.9 Å². The van der Waals surface area contributed by atoms with Crippen molar-refractivity contribution in [1.82, 2.24) is 9.55 Å². The molecule has 1 saturated carbocycles. The molecular weight excluding hydrogens is 404 g/mol. The van der Waals surface area contributed by atoms with Crippen LogP contribution in [0.15, 0.2) is 53.9 Å². The van der Waals surface area contributed by atoms with E-state index in [2.05, 4.69) is 61.8 Å². The molecule has 0 aromatic carbocycles. The summed E-state index contributed by atoms with van der Waals surface area (Å²) in [5.41, 5.74) is 0. The molecular formula is C26H38N2O2S. The van der Waals surface area contributed by atoms with E-state index in [0.29, 0.717) is 17.8 Å². The number of ether oxygens (including phenoxy) is 1. The van der Waals surface area contributed by atoms with Crippen molar-refractivity contribution in [3.05, 3.63) is 48.9 Å². The Morgan fingerprint density at radius 3 is 2.65 bits per heavy atom. The zero-order valence-corrected chi connectivity index (χ0v) is 20.3. The van der Waals surface area contributed by atoms with Crippen LogP contribution >= 0.6 is 11.8 Å². The van der Waals surface area contributed by atoms with Gasteiger partial charge < -0.3 is 9.30 Å². The van der Waals surface area contributed by atoms with Crippen LogP contribution in [0.5, 0.6) is 0 Å². The molecule has 1 aliphatic rings. The highest BCUT2D eigenvalue weighted by Gasteiger charge is 2.36. The van der Waals surface area contributed by atoms with E-state index in [-0.39, 0.29) is 23.4 Å². The highest BCUT2D eigenvalue weighted by Crippen LogP contribution is 2.37. The Hall–Kier alpha value is -1.75. The molecule has 0 unspecified atom stereocenters. The first-order valence-corrected chi connectivity index (χ1v) is 12.8. The Morgan fingerprint density at radius 1 is 1.23 bits per heavy atom. The molecule has 3 rings (SSSR count). The number of carbonyl (C=O) groups excluding carboxylic acids is 1. The quantitative estimate of drug-likeness (QED) is 0.300. The number of hydrogen-bond acceptors (Lipinski definition) is 4. The summed E-state index contributed by atoms with van der Waals surface area (Å²) in [5, 5.41) is 0.614. The largest absolute Gasteiger partial charge is 0.461 e. The van der Waals surface area contributed by atoms with Crippen LogP contribution in [0.2, 0.25) is 0 Å². The number of nitrogens with zero attached hydrogens (tertiary/aromatic N) is 2. The lowest BCUT2D eigenvalue weighted by Crippen LogP contribution is -2.38. The van der Waals surface area contributed by atoms with Crippen molar-refractivity contribution < 1.29 is 9.53 Å². The Balaban J connectivity index is 1.78. The molecule has 0 bridgehead atoms. The molecule has 1 aliphatic carbocycles. The fourth-order valence-electron chi connectivity index (χ4n) is 4.79. The highest BCUT2D eigenvalue weighted by atomic mass is 32.2. The van der Waals surface area contributed by atoms with Crippen LogP contribution in [0.1, 0.15) is 72.3 Å². The molecule has 0 N–H and O–H groups in total. The third kappa shape index (κ3) is 6.86. The number of esters is 1.